The molecule has 0 saturated carbocycles. The molecule has 1 amide bonds. The van der Waals surface area contributed by atoms with Gasteiger partial charge in [-0.15, -0.1) is 0 Å². The molecule has 0 unspecified atom stereocenters. The number of amides is 1. The van der Waals surface area contributed by atoms with Crippen LogP contribution in [0.15, 0.2) is 41.3 Å². The Morgan fingerprint density at radius 2 is 1.90 bits per heavy atom. The van der Waals surface area contributed by atoms with Gasteiger partial charge in [0.15, 0.2) is 5.75 Å². The summed E-state index contributed by atoms with van der Waals surface area (Å²) in [5.74, 6) is 0.673. The first kappa shape index (κ1) is 20.9. The van der Waals surface area contributed by atoms with Gasteiger partial charge in [-0.2, -0.15) is 0 Å². The van der Waals surface area contributed by atoms with Crippen LogP contribution in [0.2, 0.25) is 0 Å². The van der Waals surface area contributed by atoms with Gasteiger partial charge >= 0.3 is 0 Å². The SMILES string of the molecule is CCOc1ccccc1NC(=O)Cn1cc(OC)c(=O)cc1CN1CCCCC1. The summed E-state index contributed by atoms with van der Waals surface area (Å²) in [4.78, 5) is 27.4. The number of anilines is 1. The average Bonchev–Trinajstić information content (AvgIpc) is 2.72. The van der Waals surface area contributed by atoms with Gasteiger partial charge in [-0.1, -0.05) is 18.6 Å². The Morgan fingerprint density at radius 3 is 2.62 bits per heavy atom. The zero-order chi connectivity index (χ0) is 20.6. The minimum atomic E-state index is -0.192. The fourth-order valence-corrected chi connectivity index (χ4v) is 3.57. The number of carbonyl (C=O) groups is 1. The number of para-hydroxylation sites is 2. The summed E-state index contributed by atoms with van der Waals surface area (Å²) in [7, 11) is 1.46. The van der Waals surface area contributed by atoms with E-state index in [4.69, 9.17) is 9.47 Å². The summed E-state index contributed by atoms with van der Waals surface area (Å²) in [6.07, 6.45) is 5.19. The Labute approximate surface area is 171 Å². The maximum absolute atomic E-state index is 12.7. The lowest BCUT2D eigenvalue weighted by Gasteiger charge is -2.27. The van der Waals surface area contributed by atoms with Crippen molar-refractivity contribution in [3.63, 3.8) is 0 Å². The van der Waals surface area contributed by atoms with E-state index < -0.39 is 0 Å². The number of aromatic nitrogens is 1. The number of benzene rings is 1. The monoisotopic (exact) mass is 399 g/mol. The Balaban J connectivity index is 1.79. The summed E-state index contributed by atoms with van der Waals surface area (Å²) in [6, 6.07) is 8.92. The number of hydrogen-bond acceptors (Lipinski definition) is 5. The van der Waals surface area contributed by atoms with E-state index in [0.717, 1.165) is 31.6 Å². The number of ether oxygens (including phenoxy) is 2. The van der Waals surface area contributed by atoms with Gasteiger partial charge < -0.3 is 19.4 Å². The summed E-state index contributed by atoms with van der Waals surface area (Å²) in [5, 5.41) is 2.91. The number of rotatable bonds is 8. The molecule has 0 bridgehead atoms. The van der Waals surface area contributed by atoms with Crippen molar-refractivity contribution in [2.24, 2.45) is 0 Å². The Morgan fingerprint density at radius 1 is 1.14 bits per heavy atom. The fraction of sp³-hybridized carbons (Fsp3) is 0.455. The van der Waals surface area contributed by atoms with E-state index in [-0.39, 0.29) is 23.6 Å². The molecule has 7 heteroatoms. The zero-order valence-electron chi connectivity index (χ0n) is 17.1. The minimum absolute atomic E-state index is 0.0836. The number of nitrogens with one attached hydrogen (secondary N) is 1. The smallest absolute Gasteiger partial charge is 0.244 e. The molecule has 0 spiro atoms. The highest BCUT2D eigenvalue weighted by atomic mass is 16.5. The quantitative estimate of drug-likeness (QED) is 0.739. The Hall–Kier alpha value is -2.80. The number of nitrogens with zero attached hydrogens (tertiary/aromatic N) is 2. The molecule has 1 aliphatic heterocycles. The Kier molecular flexibility index (Phi) is 7.30. The molecule has 29 heavy (non-hydrogen) atoms. The highest BCUT2D eigenvalue weighted by Gasteiger charge is 2.16. The molecule has 1 saturated heterocycles. The number of pyridine rings is 1. The van der Waals surface area contributed by atoms with E-state index in [0.29, 0.717) is 24.6 Å². The van der Waals surface area contributed by atoms with Crippen LogP contribution in [0.1, 0.15) is 31.9 Å². The summed E-state index contributed by atoms with van der Waals surface area (Å²) in [5.41, 5.74) is 1.27. The first-order valence-corrected chi connectivity index (χ1v) is 10.1. The van der Waals surface area contributed by atoms with Crippen LogP contribution in [0, 0.1) is 0 Å². The molecule has 156 valence electrons. The lowest BCUT2D eigenvalue weighted by Crippen LogP contribution is -2.32. The first-order chi connectivity index (χ1) is 14.1. The van der Waals surface area contributed by atoms with E-state index >= 15 is 0 Å². The molecule has 0 radical (unpaired) electrons. The number of methoxy groups -OCH3 is 1. The highest BCUT2D eigenvalue weighted by molar-refractivity contribution is 5.92. The van der Waals surface area contributed by atoms with Crippen LogP contribution in [-0.2, 0) is 17.9 Å². The largest absolute Gasteiger partial charge is 0.492 e. The van der Waals surface area contributed by atoms with Gasteiger partial charge in [0, 0.05) is 18.3 Å². The third-order valence-electron chi connectivity index (χ3n) is 5.01. The number of piperidine rings is 1. The predicted molar refractivity (Wildman–Crippen MR) is 113 cm³/mol. The number of likely N-dealkylation sites (tertiary alicyclic amines) is 1. The fourth-order valence-electron chi connectivity index (χ4n) is 3.57. The average molecular weight is 399 g/mol. The van der Waals surface area contributed by atoms with Gasteiger partial charge in [0.25, 0.3) is 0 Å². The van der Waals surface area contributed by atoms with Gasteiger partial charge in [-0.05, 0) is 45.0 Å². The molecule has 1 aliphatic rings. The lowest BCUT2D eigenvalue weighted by molar-refractivity contribution is -0.116. The molecule has 2 heterocycles. The van der Waals surface area contributed by atoms with Gasteiger partial charge in [0.05, 0.1) is 25.6 Å². The van der Waals surface area contributed by atoms with Crippen LogP contribution < -0.4 is 20.2 Å². The van der Waals surface area contributed by atoms with Crippen LogP contribution in [0.25, 0.3) is 0 Å². The van der Waals surface area contributed by atoms with Gasteiger partial charge in [0.2, 0.25) is 11.3 Å². The van der Waals surface area contributed by atoms with Crippen LogP contribution in [0.4, 0.5) is 5.69 Å². The van der Waals surface area contributed by atoms with E-state index in [1.54, 1.807) is 16.8 Å². The summed E-state index contributed by atoms with van der Waals surface area (Å²) in [6.45, 7) is 5.16. The van der Waals surface area contributed by atoms with E-state index in [2.05, 4.69) is 10.2 Å². The van der Waals surface area contributed by atoms with Crippen LogP contribution in [-0.4, -0.2) is 42.2 Å². The molecule has 1 N–H and O–H groups in total. The van der Waals surface area contributed by atoms with Crippen LogP contribution in [0.5, 0.6) is 11.5 Å². The van der Waals surface area contributed by atoms with Crippen LogP contribution >= 0.6 is 0 Å². The molecule has 1 aromatic heterocycles. The van der Waals surface area contributed by atoms with Crippen molar-refractivity contribution in [1.82, 2.24) is 9.47 Å². The van der Waals surface area contributed by atoms with Crippen molar-refractivity contribution in [1.29, 1.82) is 0 Å². The molecule has 3 rings (SSSR count). The maximum atomic E-state index is 12.7. The molecular weight excluding hydrogens is 370 g/mol. The molecule has 0 atom stereocenters. The molecule has 2 aromatic rings. The Bertz CT molecular complexity index is 888. The van der Waals surface area contributed by atoms with Crippen molar-refractivity contribution in [3.05, 3.63) is 52.4 Å². The topological polar surface area (TPSA) is 72.8 Å². The van der Waals surface area contributed by atoms with Gasteiger partial charge in [-0.3, -0.25) is 14.5 Å². The van der Waals surface area contributed by atoms with Crippen molar-refractivity contribution in [2.75, 3.05) is 32.1 Å². The third kappa shape index (κ3) is 5.60. The number of carbonyl (C=O) groups excluding carboxylic acids is 1. The van der Waals surface area contributed by atoms with E-state index in [9.17, 15) is 9.59 Å². The van der Waals surface area contributed by atoms with E-state index in [1.807, 2.05) is 31.2 Å². The predicted octanol–water partition coefficient (Wildman–Crippen LogP) is 2.88. The first-order valence-electron chi connectivity index (χ1n) is 10.1. The van der Waals surface area contributed by atoms with Gasteiger partial charge in [-0.25, -0.2) is 0 Å². The normalized spacial score (nSPS) is 14.4. The minimum Gasteiger partial charge on any atom is -0.492 e. The molecular formula is C22H29N3O4. The van der Waals surface area contributed by atoms with Crippen molar-refractivity contribution < 1.29 is 14.3 Å². The summed E-state index contributed by atoms with van der Waals surface area (Å²) >= 11 is 0. The molecule has 0 aliphatic carbocycles. The third-order valence-corrected chi connectivity index (χ3v) is 5.01. The zero-order valence-corrected chi connectivity index (χ0v) is 17.1. The van der Waals surface area contributed by atoms with Crippen molar-refractivity contribution in [2.45, 2.75) is 39.3 Å². The maximum Gasteiger partial charge on any atom is 0.244 e. The van der Waals surface area contributed by atoms with Gasteiger partial charge in [0.1, 0.15) is 12.3 Å². The number of hydrogen-bond donors (Lipinski definition) is 1. The second-order valence-corrected chi connectivity index (χ2v) is 7.14. The summed E-state index contributed by atoms with van der Waals surface area (Å²) < 4.78 is 12.6. The highest BCUT2D eigenvalue weighted by Crippen LogP contribution is 2.23. The van der Waals surface area contributed by atoms with Crippen molar-refractivity contribution >= 4 is 11.6 Å². The van der Waals surface area contributed by atoms with E-state index in [1.165, 1.54) is 13.5 Å². The molecule has 1 fully saturated rings. The standard InChI is InChI=1S/C22H29N3O4/c1-3-29-20-10-6-5-9-18(20)23-22(27)16-25-15-21(28-2)19(26)13-17(25)14-24-11-7-4-8-12-24/h5-6,9-10,13,15H,3-4,7-8,11-12,14,16H2,1-2H3,(H,23,27). The molecule has 7 nitrogen and oxygen atoms in total. The van der Waals surface area contributed by atoms with Crippen LogP contribution in [0.3, 0.4) is 0 Å². The second kappa shape index (κ2) is 10.1. The second-order valence-electron chi connectivity index (χ2n) is 7.14. The lowest BCUT2D eigenvalue weighted by atomic mass is 10.1. The van der Waals surface area contributed by atoms with Crippen molar-refractivity contribution in [3.8, 4) is 11.5 Å². The molecule has 1 aromatic carbocycles.